The van der Waals surface area contributed by atoms with Crippen molar-refractivity contribution in [1.82, 2.24) is 0 Å². The van der Waals surface area contributed by atoms with Gasteiger partial charge in [-0.05, 0) is 12.8 Å². The van der Waals surface area contributed by atoms with Crippen molar-refractivity contribution < 1.29 is 38.9 Å². The highest BCUT2D eigenvalue weighted by atomic mass is 35.5. The molecule has 0 unspecified atom stereocenters. The van der Waals surface area contributed by atoms with Gasteiger partial charge in [-0.2, -0.15) is 0 Å². The summed E-state index contributed by atoms with van der Waals surface area (Å²) in [6, 6.07) is 0. The van der Waals surface area contributed by atoms with Gasteiger partial charge in [-0.15, -0.1) is 24.8 Å². The van der Waals surface area contributed by atoms with Crippen LogP contribution in [0.2, 0.25) is 0 Å². The Morgan fingerprint density at radius 1 is 0.800 bits per heavy atom. The molecule has 1 rings (SSSR count). The fraction of sp³-hybridized carbons (Fsp3) is 0.600. The first-order chi connectivity index (χ1) is 8.31. The van der Waals surface area contributed by atoms with Crippen molar-refractivity contribution in [3.63, 3.8) is 0 Å². The first-order valence-electron chi connectivity index (χ1n) is 4.95. The summed E-state index contributed by atoms with van der Waals surface area (Å²) in [6.45, 7) is 0. The lowest BCUT2D eigenvalue weighted by Crippen LogP contribution is -2.68. The van der Waals surface area contributed by atoms with Gasteiger partial charge in [0.25, 0.3) is 0 Å². The molecule has 2 N–H and O–H groups in total. The maximum Gasteiger partial charge on any atom is 0.325 e. The average Bonchev–Trinajstić information content (AvgIpc) is 2.26. The van der Waals surface area contributed by atoms with Gasteiger partial charge in [0.2, 0.25) is 0 Å². The Morgan fingerprint density at radius 3 is 1.25 bits per heavy atom. The number of rotatable bonds is 4. The van der Waals surface area contributed by atoms with E-state index in [9.17, 15) is 19.2 Å². The molecule has 0 spiro atoms. The molecule has 0 heterocycles. The maximum absolute atomic E-state index is 11.7. The Kier molecular flexibility index (Phi) is 7.02. The van der Waals surface area contributed by atoms with Crippen LogP contribution < -0.4 is 0 Å². The maximum atomic E-state index is 11.7. The molecule has 1 aliphatic carbocycles. The third kappa shape index (κ3) is 2.18. The second-order valence-electron chi connectivity index (χ2n) is 3.90. The molecule has 1 fully saturated rings. The molecule has 1 aliphatic rings. The van der Waals surface area contributed by atoms with Crippen LogP contribution in [-0.4, -0.2) is 48.3 Å². The Labute approximate surface area is 126 Å². The Balaban J connectivity index is 0. The van der Waals surface area contributed by atoms with Gasteiger partial charge in [-0.1, -0.05) is 0 Å². The van der Waals surface area contributed by atoms with E-state index in [4.69, 9.17) is 10.2 Å². The Bertz CT molecular complexity index is 403. The van der Waals surface area contributed by atoms with E-state index in [2.05, 4.69) is 9.47 Å². The zero-order chi connectivity index (χ0) is 14.1. The van der Waals surface area contributed by atoms with Gasteiger partial charge in [0, 0.05) is 0 Å². The Hall–Kier alpha value is -1.54. The molecular formula is C10H14Cl2O8. The molecule has 116 valence electrons. The molecule has 0 atom stereocenters. The van der Waals surface area contributed by atoms with E-state index in [-0.39, 0.29) is 37.7 Å². The fourth-order valence-electron chi connectivity index (χ4n) is 2.28. The minimum absolute atomic E-state index is 0. The van der Waals surface area contributed by atoms with Gasteiger partial charge in [-0.3, -0.25) is 19.2 Å². The number of hydrogen-bond donors (Lipinski definition) is 2. The summed E-state index contributed by atoms with van der Waals surface area (Å²) < 4.78 is 8.74. The van der Waals surface area contributed by atoms with Crippen LogP contribution in [0.4, 0.5) is 0 Å². The Morgan fingerprint density at radius 2 is 1.10 bits per heavy atom. The topological polar surface area (TPSA) is 127 Å². The SMILES string of the molecule is COC(=O)C1(C(=O)OC)CCC1(C(=O)O)C(=O)O.Cl.Cl. The number of halogens is 2. The van der Waals surface area contributed by atoms with Gasteiger partial charge < -0.3 is 19.7 Å². The van der Waals surface area contributed by atoms with E-state index in [1.807, 2.05) is 0 Å². The average molecular weight is 333 g/mol. The second kappa shape index (κ2) is 6.76. The number of carbonyl (C=O) groups excluding carboxylic acids is 2. The van der Waals surface area contributed by atoms with Crippen molar-refractivity contribution in [2.24, 2.45) is 10.8 Å². The number of ether oxygens (including phenoxy) is 2. The number of aliphatic carboxylic acids is 2. The van der Waals surface area contributed by atoms with E-state index in [1.165, 1.54) is 0 Å². The van der Waals surface area contributed by atoms with Crippen LogP contribution in [0.1, 0.15) is 12.8 Å². The molecule has 10 heteroatoms. The summed E-state index contributed by atoms with van der Waals surface area (Å²) in [4.78, 5) is 45.8. The first-order valence-corrected chi connectivity index (χ1v) is 4.95. The highest BCUT2D eigenvalue weighted by Crippen LogP contribution is 2.58. The molecule has 8 nitrogen and oxygen atoms in total. The monoisotopic (exact) mass is 332 g/mol. The van der Waals surface area contributed by atoms with Gasteiger partial charge in [-0.25, -0.2) is 0 Å². The lowest BCUT2D eigenvalue weighted by atomic mass is 9.49. The van der Waals surface area contributed by atoms with E-state index in [0.29, 0.717) is 0 Å². The van der Waals surface area contributed by atoms with Crippen molar-refractivity contribution in [2.45, 2.75) is 12.8 Å². The molecule has 0 amide bonds. The van der Waals surface area contributed by atoms with Crippen molar-refractivity contribution >= 4 is 48.7 Å². The minimum atomic E-state index is -2.53. The molecule has 20 heavy (non-hydrogen) atoms. The van der Waals surface area contributed by atoms with Crippen molar-refractivity contribution in [1.29, 1.82) is 0 Å². The summed E-state index contributed by atoms with van der Waals surface area (Å²) in [6.07, 6.45) is -0.590. The number of esters is 2. The van der Waals surface area contributed by atoms with Crippen molar-refractivity contribution in [3.05, 3.63) is 0 Å². The largest absolute Gasteiger partial charge is 0.480 e. The molecule has 0 aromatic carbocycles. The second-order valence-corrected chi connectivity index (χ2v) is 3.90. The molecule has 0 saturated heterocycles. The molecule has 0 bridgehead atoms. The van der Waals surface area contributed by atoms with E-state index in [0.717, 1.165) is 14.2 Å². The molecular weight excluding hydrogens is 319 g/mol. The van der Waals surface area contributed by atoms with E-state index >= 15 is 0 Å². The van der Waals surface area contributed by atoms with Crippen LogP contribution >= 0.6 is 24.8 Å². The zero-order valence-electron chi connectivity index (χ0n) is 10.6. The smallest absolute Gasteiger partial charge is 0.325 e. The van der Waals surface area contributed by atoms with Crippen LogP contribution in [0.15, 0.2) is 0 Å². The van der Waals surface area contributed by atoms with Crippen LogP contribution in [0.3, 0.4) is 0 Å². The predicted octanol–water partition coefficient (Wildman–Crippen LogP) is 0.112. The highest BCUT2D eigenvalue weighted by molar-refractivity contribution is 6.15. The normalized spacial score (nSPS) is 17.3. The zero-order valence-corrected chi connectivity index (χ0v) is 12.2. The van der Waals surface area contributed by atoms with Gasteiger partial charge in [0.05, 0.1) is 14.2 Å². The summed E-state index contributed by atoms with van der Waals surface area (Å²) in [5.41, 5.74) is -4.86. The third-order valence-electron chi connectivity index (χ3n) is 3.40. The van der Waals surface area contributed by atoms with E-state index in [1.54, 1.807) is 0 Å². The number of carboxylic acids is 2. The van der Waals surface area contributed by atoms with Crippen LogP contribution in [-0.2, 0) is 28.7 Å². The number of methoxy groups -OCH3 is 2. The molecule has 0 aromatic heterocycles. The molecule has 0 radical (unpaired) electrons. The first kappa shape index (κ1) is 20.8. The van der Waals surface area contributed by atoms with Crippen LogP contribution in [0.5, 0.6) is 0 Å². The fourth-order valence-corrected chi connectivity index (χ4v) is 2.28. The summed E-state index contributed by atoms with van der Waals surface area (Å²) in [5.74, 6) is -5.97. The van der Waals surface area contributed by atoms with Gasteiger partial charge in [0.1, 0.15) is 0 Å². The van der Waals surface area contributed by atoms with E-state index < -0.39 is 34.7 Å². The van der Waals surface area contributed by atoms with Crippen molar-refractivity contribution in [2.75, 3.05) is 14.2 Å². The molecule has 1 saturated carbocycles. The number of carboxylic acid groups (broad SMARTS) is 2. The minimum Gasteiger partial charge on any atom is -0.480 e. The summed E-state index contributed by atoms with van der Waals surface area (Å²) >= 11 is 0. The lowest BCUT2D eigenvalue weighted by molar-refractivity contribution is -0.214. The third-order valence-corrected chi connectivity index (χ3v) is 3.40. The van der Waals surface area contributed by atoms with Crippen LogP contribution in [0.25, 0.3) is 0 Å². The molecule has 0 aliphatic heterocycles. The standard InChI is InChI=1S/C10H12O8.2ClH/c1-17-7(15)10(8(16)18-2)4-3-9(10,5(11)12)6(13)14;;/h3-4H2,1-2H3,(H,11,12)(H,13,14);2*1H. The summed E-state index contributed by atoms with van der Waals surface area (Å²) in [7, 11) is 1.89. The number of hydrogen-bond acceptors (Lipinski definition) is 6. The summed E-state index contributed by atoms with van der Waals surface area (Å²) in [5, 5.41) is 18.2. The van der Waals surface area contributed by atoms with Gasteiger partial charge in [0.15, 0.2) is 10.8 Å². The van der Waals surface area contributed by atoms with Crippen molar-refractivity contribution in [3.8, 4) is 0 Å². The lowest BCUT2D eigenvalue weighted by Gasteiger charge is -2.48. The molecule has 0 aromatic rings. The predicted molar refractivity (Wildman–Crippen MR) is 67.9 cm³/mol. The highest BCUT2D eigenvalue weighted by Gasteiger charge is 2.78. The van der Waals surface area contributed by atoms with Gasteiger partial charge >= 0.3 is 23.9 Å². The quantitative estimate of drug-likeness (QED) is 0.548. The van der Waals surface area contributed by atoms with Crippen LogP contribution in [0, 0.1) is 10.8 Å². The number of carbonyl (C=O) groups is 4.